The number of hydrogen-bond acceptors (Lipinski definition) is 6. The van der Waals surface area contributed by atoms with Gasteiger partial charge in [-0.05, 0) is 57.0 Å². The highest BCUT2D eigenvalue weighted by Crippen LogP contribution is 2.26. The molecule has 188 valence electrons. The quantitative estimate of drug-likeness (QED) is 0.426. The van der Waals surface area contributed by atoms with Crippen molar-refractivity contribution in [2.24, 2.45) is 10.9 Å². The maximum Gasteiger partial charge on any atom is 0.251 e. The molecule has 2 aromatic carbocycles. The number of fused-ring (bicyclic) bond motifs is 1. The molecule has 4 rings (SSSR count). The van der Waals surface area contributed by atoms with Crippen LogP contribution in [0.25, 0.3) is 10.2 Å². The van der Waals surface area contributed by atoms with Crippen LogP contribution < -0.4 is 9.54 Å². The van der Waals surface area contributed by atoms with Crippen LogP contribution in [0.5, 0.6) is 5.75 Å². The summed E-state index contributed by atoms with van der Waals surface area (Å²) in [6.45, 7) is 6.19. The molecule has 0 unspecified atom stereocenters. The van der Waals surface area contributed by atoms with Gasteiger partial charge in [0.25, 0.3) is 5.91 Å². The van der Waals surface area contributed by atoms with Gasteiger partial charge in [0.1, 0.15) is 5.75 Å². The summed E-state index contributed by atoms with van der Waals surface area (Å²) in [4.78, 5) is 18.5. The van der Waals surface area contributed by atoms with E-state index in [0.717, 1.165) is 21.5 Å². The molecule has 0 bridgehead atoms. The molecule has 1 aromatic heterocycles. The fraction of sp³-hybridized carbons (Fsp3) is 0.440. The van der Waals surface area contributed by atoms with Gasteiger partial charge < -0.3 is 14.0 Å². The largest absolute Gasteiger partial charge is 0.497 e. The number of benzene rings is 2. The normalized spacial score (nSPS) is 16.1. The van der Waals surface area contributed by atoms with Gasteiger partial charge in [-0.25, -0.2) is 8.42 Å². The first-order valence-corrected chi connectivity index (χ1v) is 14.0. The Balaban J connectivity index is 1.52. The van der Waals surface area contributed by atoms with Gasteiger partial charge in [-0.15, -0.1) is 0 Å². The number of hydrogen-bond donors (Lipinski definition) is 0. The Morgan fingerprint density at radius 2 is 1.86 bits per heavy atom. The minimum absolute atomic E-state index is 0.207. The summed E-state index contributed by atoms with van der Waals surface area (Å²) >= 11 is 1.44. The lowest BCUT2D eigenvalue weighted by atomic mass is 9.98. The Kier molecular flexibility index (Phi) is 8.05. The smallest absolute Gasteiger partial charge is 0.251 e. The lowest BCUT2D eigenvalue weighted by Gasteiger charge is -2.29. The van der Waals surface area contributed by atoms with E-state index in [4.69, 9.17) is 9.47 Å². The van der Waals surface area contributed by atoms with Crippen LogP contribution in [0, 0.1) is 12.8 Å². The zero-order chi connectivity index (χ0) is 25.0. The number of thiazole rings is 1. The number of carbonyl (C=O) groups excluding carboxylic acids is 1. The molecule has 0 spiro atoms. The summed E-state index contributed by atoms with van der Waals surface area (Å²) in [5.74, 6) is 0.233. The van der Waals surface area contributed by atoms with Crippen LogP contribution in [0.3, 0.4) is 0 Å². The van der Waals surface area contributed by atoms with Gasteiger partial charge in [0.15, 0.2) is 4.80 Å². The van der Waals surface area contributed by atoms with E-state index in [-0.39, 0.29) is 16.7 Å². The second-order valence-corrected chi connectivity index (χ2v) is 11.5. The minimum Gasteiger partial charge on any atom is -0.497 e. The Labute approximate surface area is 209 Å². The number of ether oxygens (including phenoxy) is 2. The van der Waals surface area contributed by atoms with Crippen molar-refractivity contribution in [2.45, 2.75) is 38.1 Å². The van der Waals surface area contributed by atoms with E-state index in [1.165, 1.54) is 15.6 Å². The number of nitrogens with zero attached hydrogens (tertiary/aromatic N) is 3. The summed E-state index contributed by atoms with van der Waals surface area (Å²) in [7, 11) is -1.94. The van der Waals surface area contributed by atoms with Crippen LogP contribution in [0.15, 0.2) is 52.4 Å². The van der Waals surface area contributed by atoms with Crippen molar-refractivity contribution in [3.8, 4) is 5.75 Å². The highest BCUT2D eigenvalue weighted by Gasteiger charge is 2.32. The fourth-order valence-corrected chi connectivity index (χ4v) is 6.73. The molecule has 0 radical (unpaired) electrons. The number of sulfonamides is 1. The maximum atomic E-state index is 13.1. The molecule has 1 aliphatic rings. The second kappa shape index (κ2) is 11.0. The van der Waals surface area contributed by atoms with Crippen molar-refractivity contribution < 1.29 is 22.7 Å². The van der Waals surface area contributed by atoms with Crippen molar-refractivity contribution in [2.75, 3.05) is 33.4 Å². The van der Waals surface area contributed by atoms with Gasteiger partial charge >= 0.3 is 0 Å². The number of aryl methyl sites for hydroxylation is 1. The Bertz CT molecular complexity index is 1350. The molecule has 35 heavy (non-hydrogen) atoms. The minimum atomic E-state index is -3.57. The number of carbonyl (C=O) groups is 1. The highest BCUT2D eigenvalue weighted by molar-refractivity contribution is 7.89. The molecule has 0 saturated carbocycles. The van der Waals surface area contributed by atoms with E-state index in [2.05, 4.69) is 4.99 Å². The van der Waals surface area contributed by atoms with E-state index in [9.17, 15) is 13.2 Å². The van der Waals surface area contributed by atoms with Crippen LogP contribution in [-0.2, 0) is 26.1 Å². The molecule has 0 N–H and O–H groups in total. The lowest BCUT2D eigenvalue weighted by Crippen LogP contribution is -2.40. The Morgan fingerprint density at radius 3 is 2.51 bits per heavy atom. The van der Waals surface area contributed by atoms with Gasteiger partial charge in [0.2, 0.25) is 10.0 Å². The summed E-state index contributed by atoms with van der Waals surface area (Å²) < 4.78 is 41.3. The molecule has 8 nitrogen and oxygen atoms in total. The van der Waals surface area contributed by atoms with E-state index < -0.39 is 10.0 Å². The van der Waals surface area contributed by atoms with Crippen LogP contribution >= 0.6 is 11.3 Å². The summed E-state index contributed by atoms with van der Waals surface area (Å²) in [6.07, 6.45) is 0.899. The zero-order valence-electron chi connectivity index (χ0n) is 20.3. The van der Waals surface area contributed by atoms with Crippen molar-refractivity contribution >= 4 is 37.5 Å². The molecule has 10 heteroatoms. The first kappa shape index (κ1) is 25.6. The fourth-order valence-electron chi connectivity index (χ4n) is 4.17. The second-order valence-electron chi connectivity index (χ2n) is 8.51. The summed E-state index contributed by atoms with van der Waals surface area (Å²) in [5.41, 5.74) is 1.98. The molecular formula is C25H31N3O5S2. The third-order valence-electron chi connectivity index (χ3n) is 6.22. The predicted molar refractivity (Wildman–Crippen MR) is 136 cm³/mol. The number of amides is 1. The third kappa shape index (κ3) is 5.66. The highest BCUT2D eigenvalue weighted by atomic mass is 32.2. The van der Waals surface area contributed by atoms with Gasteiger partial charge in [0, 0.05) is 32.2 Å². The number of aromatic nitrogens is 1. The number of piperidine rings is 1. The van der Waals surface area contributed by atoms with Crippen molar-refractivity contribution in [1.29, 1.82) is 0 Å². The van der Waals surface area contributed by atoms with Crippen LogP contribution in [-0.4, -0.2) is 56.6 Å². The molecule has 0 atom stereocenters. The lowest BCUT2D eigenvalue weighted by molar-refractivity contribution is -0.122. The van der Waals surface area contributed by atoms with Crippen LogP contribution in [0.4, 0.5) is 0 Å². The topological polar surface area (TPSA) is 90.2 Å². The first-order valence-electron chi connectivity index (χ1n) is 11.7. The first-order chi connectivity index (χ1) is 16.8. The maximum absolute atomic E-state index is 13.1. The molecular weight excluding hydrogens is 486 g/mol. The molecule has 2 heterocycles. The molecule has 0 aliphatic carbocycles. The average molecular weight is 518 g/mol. The van der Waals surface area contributed by atoms with Crippen molar-refractivity contribution in [1.82, 2.24) is 8.87 Å². The van der Waals surface area contributed by atoms with Gasteiger partial charge in [-0.3, -0.25) is 4.79 Å². The molecule has 1 fully saturated rings. The molecule has 1 saturated heterocycles. The monoisotopic (exact) mass is 517 g/mol. The van der Waals surface area contributed by atoms with Crippen molar-refractivity contribution in [3.05, 3.63) is 52.8 Å². The predicted octanol–water partition coefficient (Wildman–Crippen LogP) is 3.58. The van der Waals surface area contributed by atoms with Gasteiger partial charge in [-0.2, -0.15) is 9.30 Å². The standard InChI is InChI=1S/C25H31N3O5S2/c1-4-33-16-15-28-22-10-7-20(32-3)17-23(22)34-25(28)26-24(29)19-11-13-27(14-12-19)35(30,31)21-8-5-18(2)6-9-21/h5-10,17,19H,4,11-16H2,1-3H3. The summed E-state index contributed by atoms with van der Waals surface area (Å²) in [6, 6.07) is 12.7. The molecule has 1 aliphatic heterocycles. The number of methoxy groups -OCH3 is 1. The van der Waals surface area contributed by atoms with Gasteiger partial charge in [-0.1, -0.05) is 29.0 Å². The van der Waals surface area contributed by atoms with Crippen molar-refractivity contribution in [3.63, 3.8) is 0 Å². The molecule has 1 amide bonds. The Hall–Kier alpha value is -2.53. The zero-order valence-corrected chi connectivity index (χ0v) is 21.9. The van der Waals surface area contributed by atoms with E-state index >= 15 is 0 Å². The van der Waals surface area contributed by atoms with Crippen LogP contribution in [0.2, 0.25) is 0 Å². The van der Waals surface area contributed by atoms with Gasteiger partial charge in [0.05, 0.1) is 28.8 Å². The third-order valence-corrected chi connectivity index (χ3v) is 9.18. The van der Waals surface area contributed by atoms with E-state index in [1.54, 1.807) is 31.4 Å². The number of rotatable bonds is 8. The van der Waals surface area contributed by atoms with Crippen LogP contribution in [0.1, 0.15) is 25.3 Å². The van der Waals surface area contributed by atoms with E-state index in [0.29, 0.717) is 50.5 Å². The summed E-state index contributed by atoms with van der Waals surface area (Å²) in [5, 5.41) is 0. The van der Waals surface area contributed by atoms with E-state index in [1.807, 2.05) is 36.6 Å². The molecule has 3 aromatic rings. The average Bonchev–Trinajstić information content (AvgIpc) is 3.20. The Morgan fingerprint density at radius 1 is 1.14 bits per heavy atom. The SMILES string of the molecule is CCOCCn1c(=NC(=O)C2CCN(S(=O)(=O)c3ccc(C)cc3)CC2)sc2cc(OC)ccc21.